The van der Waals surface area contributed by atoms with E-state index in [4.69, 9.17) is 4.74 Å². The van der Waals surface area contributed by atoms with Gasteiger partial charge in [0.25, 0.3) is 0 Å². The number of hydrogen-bond acceptors (Lipinski definition) is 4. The molecule has 0 unspecified atom stereocenters. The van der Waals surface area contributed by atoms with Gasteiger partial charge in [-0.3, -0.25) is 0 Å². The second-order valence-electron chi connectivity index (χ2n) is 5.02. The zero-order chi connectivity index (χ0) is 13.2. The predicted molar refractivity (Wildman–Crippen MR) is 75.6 cm³/mol. The molecule has 1 N–H and O–H groups in total. The van der Waals surface area contributed by atoms with Gasteiger partial charge in [0.15, 0.2) is 5.82 Å². The summed E-state index contributed by atoms with van der Waals surface area (Å²) in [4.78, 5) is 9.04. The minimum Gasteiger partial charge on any atom is -0.372 e. The first-order chi connectivity index (χ1) is 8.61. The number of methoxy groups -OCH3 is 1. The summed E-state index contributed by atoms with van der Waals surface area (Å²) in [6, 6.07) is 0. The molecule has 1 aliphatic carbocycles. The molecule has 1 fully saturated rings. The molecule has 1 heterocycles. The van der Waals surface area contributed by atoms with Gasteiger partial charge in [-0.25, -0.2) is 9.97 Å². The highest BCUT2D eigenvalue weighted by Crippen LogP contribution is 2.41. The van der Waals surface area contributed by atoms with E-state index in [1.165, 1.54) is 12.8 Å². The van der Waals surface area contributed by atoms with Crippen molar-refractivity contribution in [3.05, 3.63) is 16.5 Å². The van der Waals surface area contributed by atoms with Crippen molar-refractivity contribution in [2.24, 2.45) is 5.92 Å². The van der Waals surface area contributed by atoms with Gasteiger partial charge in [0.05, 0.1) is 4.47 Å². The molecule has 1 aromatic rings. The van der Waals surface area contributed by atoms with Crippen LogP contribution in [0.25, 0.3) is 0 Å². The van der Waals surface area contributed by atoms with Crippen molar-refractivity contribution in [1.82, 2.24) is 9.97 Å². The van der Waals surface area contributed by atoms with Crippen molar-refractivity contribution in [3.63, 3.8) is 0 Å². The summed E-state index contributed by atoms with van der Waals surface area (Å²) in [5.41, 5.74) is -0.307. The number of rotatable bonds is 3. The summed E-state index contributed by atoms with van der Waals surface area (Å²) < 4.78 is 6.66. The van der Waals surface area contributed by atoms with Crippen LogP contribution in [0.2, 0.25) is 0 Å². The number of nitrogens with one attached hydrogen (secondary N) is 1. The average Bonchev–Trinajstić information content (AvgIpc) is 2.41. The Labute approximate surface area is 117 Å². The van der Waals surface area contributed by atoms with E-state index in [9.17, 15) is 0 Å². The van der Waals surface area contributed by atoms with E-state index in [1.807, 2.05) is 7.05 Å². The van der Waals surface area contributed by atoms with Crippen LogP contribution >= 0.6 is 15.9 Å². The molecule has 0 spiro atoms. The summed E-state index contributed by atoms with van der Waals surface area (Å²) >= 11 is 3.44. The molecule has 100 valence electrons. The molecule has 1 aromatic heterocycles. The smallest absolute Gasteiger partial charge is 0.162 e. The van der Waals surface area contributed by atoms with Crippen molar-refractivity contribution < 1.29 is 4.74 Å². The Hall–Kier alpha value is -0.680. The molecule has 4 nitrogen and oxygen atoms in total. The Morgan fingerprint density at radius 2 is 2.11 bits per heavy atom. The first-order valence-electron chi connectivity index (χ1n) is 6.37. The lowest BCUT2D eigenvalue weighted by Crippen LogP contribution is -2.35. The summed E-state index contributed by atoms with van der Waals surface area (Å²) in [6.45, 7) is 2.29. The predicted octanol–water partition coefficient (Wildman–Crippen LogP) is 3.33. The molecule has 1 saturated carbocycles. The van der Waals surface area contributed by atoms with E-state index < -0.39 is 0 Å². The second kappa shape index (κ2) is 5.53. The molecule has 0 radical (unpaired) electrons. The van der Waals surface area contributed by atoms with Gasteiger partial charge in [-0.15, -0.1) is 0 Å². The number of ether oxygens (including phenoxy) is 1. The first kappa shape index (κ1) is 13.7. The number of anilines is 1. The van der Waals surface area contributed by atoms with Crippen molar-refractivity contribution in [1.29, 1.82) is 0 Å². The molecular weight excluding hydrogens is 294 g/mol. The Kier molecular flexibility index (Phi) is 4.22. The summed E-state index contributed by atoms with van der Waals surface area (Å²) in [6.07, 6.45) is 6.13. The maximum absolute atomic E-state index is 5.78. The van der Waals surface area contributed by atoms with E-state index in [2.05, 4.69) is 38.1 Å². The number of hydrogen-bond donors (Lipinski definition) is 1. The lowest BCUT2D eigenvalue weighted by molar-refractivity contribution is -0.0596. The van der Waals surface area contributed by atoms with Crippen LogP contribution in [-0.4, -0.2) is 24.1 Å². The lowest BCUT2D eigenvalue weighted by atomic mass is 9.79. The topological polar surface area (TPSA) is 47.0 Å². The van der Waals surface area contributed by atoms with Gasteiger partial charge < -0.3 is 10.1 Å². The normalized spacial score (nSPS) is 28.1. The average molecular weight is 314 g/mol. The van der Waals surface area contributed by atoms with Crippen LogP contribution in [-0.2, 0) is 10.3 Å². The highest BCUT2D eigenvalue weighted by Gasteiger charge is 2.38. The minimum atomic E-state index is -0.307. The van der Waals surface area contributed by atoms with E-state index in [0.29, 0.717) is 0 Å². The Morgan fingerprint density at radius 3 is 2.67 bits per heavy atom. The molecule has 5 heteroatoms. The van der Waals surface area contributed by atoms with E-state index >= 15 is 0 Å². The van der Waals surface area contributed by atoms with Crippen molar-refractivity contribution in [2.75, 3.05) is 19.5 Å². The largest absolute Gasteiger partial charge is 0.372 e. The van der Waals surface area contributed by atoms with Gasteiger partial charge >= 0.3 is 0 Å². The first-order valence-corrected chi connectivity index (χ1v) is 7.16. The number of halogens is 1. The highest BCUT2D eigenvalue weighted by atomic mass is 79.9. The molecule has 18 heavy (non-hydrogen) atoms. The molecule has 0 aromatic carbocycles. The standard InChI is InChI=1S/C13H20BrN3O/c1-9-4-6-13(18-3,7-5-9)12-16-8-10(14)11(15-2)17-12/h8-9H,4-7H2,1-3H3,(H,15,16,17). The van der Waals surface area contributed by atoms with Gasteiger partial charge in [0.1, 0.15) is 11.4 Å². The third-order valence-electron chi connectivity index (χ3n) is 3.86. The monoisotopic (exact) mass is 313 g/mol. The zero-order valence-electron chi connectivity index (χ0n) is 11.2. The summed E-state index contributed by atoms with van der Waals surface area (Å²) in [5, 5.41) is 3.07. The summed E-state index contributed by atoms with van der Waals surface area (Å²) in [5.74, 6) is 2.38. The quantitative estimate of drug-likeness (QED) is 0.929. The highest BCUT2D eigenvalue weighted by molar-refractivity contribution is 9.10. The van der Waals surface area contributed by atoms with E-state index in [0.717, 1.165) is 34.9 Å². The molecule has 1 aliphatic rings. The molecule has 0 bridgehead atoms. The van der Waals surface area contributed by atoms with Gasteiger partial charge in [-0.05, 0) is 47.5 Å². The van der Waals surface area contributed by atoms with Crippen LogP contribution in [0.4, 0.5) is 5.82 Å². The zero-order valence-corrected chi connectivity index (χ0v) is 12.7. The maximum Gasteiger partial charge on any atom is 0.162 e. The van der Waals surface area contributed by atoms with Gasteiger partial charge in [-0.2, -0.15) is 0 Å². The van der Waals surface area contributed by atoms with E-state index in [-0.39, 0.29) is 5.60 Å². The van der Waals surface area contributed by atoms with Crippen molar-refractivity contribution in [3.8, 4) is 0 Å². The van der Waals surface area contributed by atoms with Crippen LogP contribution in [0.15, 0.2) is 10.7 Å². The maximum atomic E-state index is 5.78. The minimum absolute atomic E-state index is 0.307. The fraction of sp³-hybridized carbons (Fsp3) is 0.692. The van der Waals surface area contributed by atoms with Gasteiger partial charge in [0.2, 0.25) is 0 Å². The van der Waals surface area contributed by atoms with Crippen LogP contribution in [0, 0.1) is 5.92 Å². The fourth-order valence-corrected chi connectivity index (χ4v) is 2.90. The molecular formula is C13H20BrN3O. The third kappa shape index (κ3) is 2.52. The molecule has 0 saturated heterocycles. The Balaban J connectivity index is 2.32. The van der Waals surface area contributed by atoms with Crippen LogP contribution < -0.4 is 5.32 Å². The number of nitrogens with zero attached hydrogens (tertiary/aromatic N) is 2. The SMILES string of the molecule is CNc1nc(C2(OC)CCC(C)CC2)ncc1Br. The summed E-state index contributed by atoms with van der Waals surface area (Å²) in [7, 11) is 3.62. The molecule has 2 rings (SSSR count). The van der Waals surface area contributed by atoms with Crippen molar-refractivity contribution in [2.45, 2.75) is 38.2 Å². The lowest BCUT2D eigenvalue weighted by Gasteiger charge is -2.37. The molecule has 0 atom stereocenters. The van der Waals surface area contributed by atoms with Crippen LogP contribution in [0.3, 0.4) is 0 Å². The Morgan fingerprint density at radius 1 is 1.44 bits per heavy atom. The molecule has 0 aliphatic heterocycles. The second-order valence-corrected chi connectivity index (χ2v) is 5.88. The van der Waals surface area contributed by atoms with E-state index in [1.54, 1.807) is 13.3 Å². The van der Waals surface area contributed by atoms with Gasteiger partial charge in [0, 0.05) is 20.4 Å². The van der Waals surface area contributed by atoms with Crippen LogP contribution in [0.1, 0.15) is 38.4 Å². The van der Waals surface area contributed by atoms with Gasteiger partial charge in [-0.1, -0.05) is 6.92 Å². The molecule has 0 amide bonds. The third-order valence-corrected chi connectivity index (χ3v) is 4.44. The number of aromatic nitrogens is 2. The Bertz CT molecular complexity index is 417. The fourth-order valence-electron chi connectivity index (χ4n) is 2.51. The van der Waals surface area contributed by atoms with Crippen molar-refractivity contribution >= 4 is 21.7 Å². The van der Waals surface area contributed by atoms with Crippen LogP contribution in [0.5, 0.6) is 0 Å².